The average Bonchev–Trinajstić information content (AvgIpc) is 3.24. The fourth-order valence-corrected chi connectivity index (χ4v) is 4.08. The SMILES string of the molecule is CCOc1cc(/C=C2\N=C(c3ccc(NC(C)=O)cc3)OC2=O)cc(Br)c1OCC(=O)c1ccccc1. The maximum atomic E-state index is 12.5. The Balaban J connectivity index is 1.55. The van der Waals surface area contributed by atoms with Crippen molar-refractivity contribution < 1.29 is 28.6 Å². The van der Waals surface area contributed by atoms with Crippen LogP contribution in [-0.4, -0.2) is 36.8 Å². The molecule has 0 bridgehead atoms. The number of amides is 1. The summed E-state index contributed by atoms with van der Waals surface area (Å²) in [6.07, 6.45) is 1.58. The van der Waals surface area contributed by atoms with Gasteiger partial charge in [-0.3, -0.25) is 9.59 Å². The molecule has 0 aromatic heterocycles. The molecule has 0 saturated carbocycles. The van der Waals surface area contributed by atoms with Gasteiger partial charge in [-0.2, -0.15) is 0 Å². The molecule has 0 saturated heterocycles. The summed E-state index contributed by atoms with van der Waals surface area (Å²) >= 11 is 3.48. The molecule has 0 radical (unpaired) electrons. The highest BCUT2D eigenvalue weighted by Crippen LogP contribution is 2.38. The number of aliphatic imine (C=N–C) groups is 1. The van der Waals surface area contributed by atoms with E-state index in [-0.39, 0.29) is 29.9 Å². The van der Waals surface area contributed by atoms with Gasteiger partial charge >= 0.3 is 5.97 Å². The summed E-state index contributed by atoms with van der Waals surface area (Å²) in [6.45, 7) is 3.46. The standard InChI is InChI=1S/C28H23BrN2O6/c1-3-35-25-15-18(13-22(29)26(25)36-16-24(33)19-7-5-4-6-8-19)14-23-28(34)37-27(31-23)20-9-11-21(12-10-20)30-17(2)32/h4-15H,3,16H2,1-2H3,(H,30,32)/b23-14-. The van der Waals surface area contributed by atoms with Gasteiger partial charge in [-0.25, -0.2) is 9.79 Å². The van der Waals surface area contributed by atoms with Gasteiger partial charge in [-0.1, -0.05) is 30.3 Å². The summed E-state index contributed by atoms with van der Waals surface area (Å²) in [7, 11) is 0. The Morgan fingerprint density at radius 2 is 1.78 bits per heavy atom. The topological polar surface area (TPSA) is 103 Å². The molecule has 9 heteroatoms. The summed E-state index contributed by atoms with van der Waals surface area (Å²) in [5.74, 6) is 0.0126. The van der Waals surface area contributed by atoms with E-state index in [0.29, 0.717) is 45.0 Å². The first-order valence-corrected chi connectivity index (χ1v) is 12.2. The fraction of sp³-hybridized carbons (Fsp3) is 0.143. The van der Waals surface area contributed by atoms with E-state index in [1.54, 1.807) is 66.7 Å². The molecule has 0 unspecified atom stereocenters. The predicted octanol–water partition coefficient (Wildman–Crippen LogP) is 5.41. The Kier molecular flexibility index (Phi) is 8.15. The molecule has 0 aliphatic carbocycles. The second kappa shape index (κ2) is 11.7. The highest BCUT2D eigenvalue weighted by Gasteiger charge is 2.25. The predicted molar refractivity (Wildman–Crippen MR) is 143 cm³/mol. The molecule has 8 nitrogen and oxygen atoms in total. The number of benzene rings is 3. The molecule has 1 aliphatic heterocycles. The van der Waals surface area contributed by atoms with Gasteiger partial charge in [-0.15, -0.1) is 0 Å². The van der Waals surface area contributed by atoms with E-state index in [1.165, 1.54) is 6.92 Å². The number of hydrogen-bond donors (Lipinski definition) is 1. The quantitative estimate of drug-likeness (QED) is 0.212. The molecule has 188 valence electrons. The number of Topliss-reactive ketones (excluding diaryl/α,β-unsaturated/α-hetero) is 1. The van der Waals surface area contributed by atoms with Gasteiger partial charge in [-0.05, 0) is 70.9 Å². The molecular formula is C28H23BrN2O6. The second-order valence-electron chi connectivity index (χ2n) is 7.94. The summed E-state index contributed by atoms with van der Waals surface area (Å²) in [5.41, 5.74) is 2.50. The molecule has 1 heterocycles. The number of nitrogens with one attached hydrogen (secondary N) is 1. The lowest BCUT2D eigenvalue weighted by Gasteiger charge is -2.14. The van der Waals surface area contributed by atoms with Crippen molar-refractivity contribution >= 4 is 51.3 Å². The maximum Gasteiger partial charge on any atom is 0.363 e. The number of nitrogens with zero attached hydrogens (tertiary/aromatic N) is 1. The van der Waals surface area contributed by atoms with Crippen LogP contribution in [0.2, 0.25) is 0 Å². The molecule has 1 amide bonds. The van der Waals surface area contributed by atoms with Crippen molar-refractivity contribution in [2.75, 3.05) is 18.5 Å². The number of hydrogen-bond acceptors (Lipinski definition) is 7. The van der Waals surface area contributed by atoms with E-state index in [9.17, 15) is 14.4 Å². The molecule has 0 spiro atoms. The lowest BCUT2D eigenvalue weighted by molar-refractivity contribution is -0.129. The number of ether oxygens (including phenoxy) is 3. The zero-order valence-electron chi connectivity index (χ0n) is 20.1. The van der Waals surface area contributed by atoms with Crippen LogP contribution >= 0.6 is 15.9 Å². The van der Waals surface area contributed by atoms with Gasteiger partial charge in [0.25, 0.3) is 0 Å². The number of esters is 1. The van der Waals surface area contributed by atoms with E-state index in [1.807, 2.05) is 13.0 Å². The van der Waals surface area contributed by atoms with Crippen LogP contribution in [0.3, 0.4) is 0 Å². The number of cyclic esters (lactones) is 1. The minimum Gasteiger partial charge on any atom is -0.490 e. The lowest BCUT2D eigenvalue weighted by Crippen LogP contribution is -2.12. The molecule has 3 aromatic rings. The van der Waals surface area contributed by atoms with Crippen LogP contribution in [0, 0.1) is 0 Å². The summed E-state index contributed by atoms with van der Waals surface area (Å²) in [5, 5.41) is 2.68. The summed E-state index contributed by atoms with van der Waals surface area (Å²) in [6, 6.07) is 19.1. The lowest BCUT2D eigenvalue weighted by atomic mass is 10.1. The third-order valence-electron chi connectivity index (χ3n) is 5.15. The molecular weight excluding hydrogens is 540 g/mol. The first-order valence-electron chi connectivity index (χ1n) is 11.4. The van der Waals surface area contributed by atoms with Crippen LogP contribution in [0.4, 0.5) is 5.69 Å². The van der Waals surface area contributed by atoms with Crippen molar-refractivity contribution in [1.29, 1.82) is 0 Å². The highest BCUT2D eigenvalue weighted by atomic mass is 79.9. The van der Waals surface area contributed by atoms with Gasteiger partial charge in [0.1, 0.15) is 0 Å². The first kappa shape index (κ1) is 25.8. The number of carbonyl (C=O) groups is 3. The van der Waals surface area contributed by atoms with Gasteiger partial charge in [0, 0.05) is 23.7 Å². The van der Waals surface area contributed by atoms with E-state index in [4.69, 9.17) is 14.2 Å². The maximum absolute atomic E-state index is 12.5. The van der Waals surface area contributed by atoms with Gasteiger partial charge in [0.2, 0.25) is 11.8 Å². The van der Waals surface area contributed by atoms with E-state index >= 15 is 0 Å². The van der Waals surface area contributed by atoms with Crippen molar-refractivity contribution in [2.45, 2.75) is 13.8 Å². The molecule has 1 N–H and O–H groups in total. The smallest absolute Gasteiger partial charge is 0.363 e. The molecule has 1 aliphatic rings. The van der Waals surface area contributed by atoms with Crippen molar-refractivity contribution in [3.8, 4) is 11.5 Å². The Morgan fingerprint density at radius 1 is 1.05 bits per heavy atom. The van der Waals surface area contributed by atoms with Crippen LogP contribution in [0.5, 0.6) is 11.5 Å². The number of carbonyl (C=O) groups excluding carboxylic acids is 3. The summed E-state index contributed by atoms with van der Waals surface area (Å²) < 4.78 is 17.4. The van der Waals surface area contributed by atoms with Crippen LogP contribution in [0.1, 0.15) is 35.3 Å². The fourth-order valence-electron chi connectivity index (χ4n) is 3.51. The zero-order valence-corrected chi connectivity index (χ0v) is 21.7. The number of ketones is 1. The van der Waals surface area contributed by atoms with E-state index < -0.39 is 5.97 Å². The normalized spacial score (nSPS) is 13.6. The highest BCUT2D eigenvalue weighted by molar-refractivity contribution is 9.10. The molecule has 3 aromatic carbocycles. The molecule has 0 atom stereocenters. The minimum atomic E-state index is -0.594. The second-order valence-corrected chi connectivity index (χ2v) is 8.79. The monoisotopic (exact) mass is 562 g/mol. The van der Waals surface area contributed by atoms with Crippen molar-refractivity contribution in [3.63, 3.8) is 0 Å². The number of halogens is 1. The number of rotatable bonds is 9. The Bertz CT molecular complexity index is 1400. The van der Waals surface area contributed by atoms with Crippen molar-refractivity contribution in [1.82, 2.24) is 0 Å². The Morgan fingerprint density at radius 3 is 2.46 bits per heavy atom. The van der Waals surface area contributed by atoms with Crippen molar-refractivity contribution in [3.05, 3.63) is 93.6 Å². The van der Waals surface area contributed by atoms with Crippen LogP contribution < -0.4 is 14.8 Å². The Hall–Kier alpha value is -4.24. The van der Waals surface area contributed by atoms with Crippen LogP contribution in [0.25, 0.3) is 6.08 Å². The Labute approximate surface area is 222 Å². The van der Waals surface area contributed by atoms with Gasteiger partial charge in [0.05, 0.1) is 11.1 Å². The first-order chi connectivity index (χ1) is 17.8. The van der Waals surface area contributed by atoms with Gasteiger partial charge in [0.15, 0.2) is 29.6 Å². The molecule has 37 heavy (non-hydrogen) atoms. The minimum absolute atomic E-state index is 0.114. The van der Waals surface area contributed by atoms with E-state index in [2.05, 4.69) is 26.2 Å². The zero-order chi connectivity index (χ0) is 26.4. The third-order valence-corrected chi connectivity index (χ3v) is 5.74. The van der Waals surface area contributed by atoms with Crippen molar-refractivity contribution in [2.24, 2.45) is 4.99 Å². The van der Waals surface area contributed by atoms with Crippen LogP contribution in [-0.2, 0) is 14.3 Å². The largest absolute Gasteiger partial charge is 0.490 e. The third kappa shape index (κ3) is 6.50. The van der Waals surface area contributed by atoms with Gasteiger partial charge < -0.3 is 19.5 Å². The van der Waals surface area contributed by atoms with E-state index in [0.717, 1.165) is 0 Å². The molecule has 4 rings (SSSR count). The average molecular weight is 563 g/mol. The van der Waals surface area contributed by atoms with Crippen LogP contribution in [0.15, 0.2) is 81.9 Å². The summed E-state index contributed by atoms with van der Waals surface area (Å²) in [4.78, 5) is 40.5. The molecule has 0 fully saturated rings. The number of anilines is 1.